The molecular weight excluding hydrogens is 327 g/mol. The molecule has 0 saturated heterocycles. The van der Waals surface area contributed by atoms with Gasteiger partial charge in [-0.3, -0.25) is 0 Å². The number of rotatable bonds is 0. The third kappa shape index (κ3) is 1.28. The zero-order valence-corrected chi connectivity index (χ0v) is 10.6. The maximum Gasteiger partial charge on any atom is 0.0830 e. The van der Waals surface area contributed by atoms with E-state index in [1.807, 2.05) is 0 Å². The molecule has 0 amide bonds. The van der Waals surface area contributed by atoms with E-state index in [1.54, 1.807) is 11.3 Å². The molecular formula is C7H5Br2ClOS. The molecule has 5 heteroatoms. The van der Waals surface area contributed by atoms with Crippen molar-refractivity contribution in [2.45, 2.75) is 17.9 Å². The van der Waals surface area contributed by atoms with Crippen molar-refractivity contribution in [3.63, 3.8) is 0 Å². The summed E-state index contributed by atoms with van der Waals surface area (Å²) in [6.45, 7) is 0. The number of hydrogen-bond acceptors (Lipinski definition) is 2. The van der Waals surface area contributed by atoms with Gasteiger partial charge in [0.1, 0.15) is 0 Å². The van der Waals surface area contributed by atoms with Crippen LogP contribution in [0.4, 0.5) is 0 Å². The van der Waals surface area contributed by atoms with Crippen molar-refractivity contribution in [3.05, 3.63) is 18.7 Å². The van der Waals surface area contributed by atoms with Crippen molar-refractivity contribution >= 4 is 54.8 Å². The van der Waals surface area contributed by atoms with Crippen molar-refractivity contribution in [2.75, 3.05) is 0 Å². The van der Waals surface area contributed by atoms with Gasteiger partial charge in [0.15, 0.2) is 0 Å². The predicted molar refractivity (Wildman–Crippen MR) is 57.9 cm³/mol. The minimum absolute atomic E-state index is 0.0491. The van der Waals surface area contributed by atoms with Crippen LogP contribution in [0, 0.1) is 0 Å². The highest BCUT2D eigenvalue weighted by Crippen LogP contribution is 2.53. The molecule has 1 aliphatic carbocycles. The lowest BCUT2D eigenvalue weighted by atomic mass is 10.2. The molecule has 66 valence electrons. The molecule has 0 saturated carbocycles. The Hall–Kier alpha value is 0.910. The highest BCUT2D eigenvalue weighted by Gasteiger charge is 2.34. The Morgan fingerprint density at radius 1 is 1.33 bits per heavy atom. The van der Waals surface area contributed by atoms with Crippen LogP contribution < -0.4 is 0 Å². The largest absolute Gasteiger partial charge is 0.388 e. The van der Waals surface area contributed by atoms with Crippen LogP contribution >= 0.6 is 54.8 Å². The lowest BCUT2D eigenvalue weighted by molar-refractivity contribution is 0.178. The van der Waals surface area contributed by atoms with Crippen molar-refractivity contribution in [1.82, 2.24) is 0 Å². The quantitative estimate of drug-likeness (QED) is 0.712. The molecule has 1 aromatic rings. The van der Waals surface area contributed by atoms with E-state index in [2.05, 4.69) is 31.9 Å². The second kappa shape index (κ2) is 3.24. The second-order valence-electron chi connectivity index (χ2n) is 2.70. The number of halogens is 3. The van der Waals surface area contributed by atoms with Gasteiger partial charge in [0, 0.05) is 11.1 Å². The van der Waals surface area contributed by atoms with E-state index in [4.69, 9.17) is 11.6 Å². The maximum atomic E-state index is 9.62. The molecule has 0 radical (unpaired) electrons. The zero-order valence-electron chi connectivity index (χ0n) is 5.85. The molecule has 0 aromatic carbocycles. The molecule has 1 heterocycles. The van der Waals surface area contributed by atoms with Gasteiger partial charge in [-0.05, 0) is 38.3 Å². The average molecular weight is 332 g/mol. The molecule has 1 N–H and O–H groups in total. The van der Waals surface area contributed by atoms with Crippen LogP contribution in [0.2, 0.25) is 0 Å². The first kappa shape index (κ1) is 9.46. The number of aliphatic hydroxyl groups excluding tert-OH is 1. The first-order valence-electron chi connectivity index (χ1n) is 3.41. The van der Waals surface area contributed by atoms with Gasteiger partial charge in [-0.1, -0.05) is 0 Å². The second-order valence-corrected chi connectivity index (χ2v) is 6.88. The van der Waals surface area contributed by atoms with Crippen LogP contribution in [0.3, 0.4) is 0 Å². The van der Waals surface area contributed by atoms with Gasteiger partial charge in [0.25, 0.3) is 0 Å². The molecule has 2 atom stereocenters. The van der Waals surface area contributed by atoms with E-state index in [1.165, 1.54) is 0 Å². The van der Waals surface area contributed by atoms with Gasteiger partial charge in [0.2, 0.25) is 0 Å². The molecule has 12 heavy (non-hydrogen) atoms. The molecule has 0 fully saturated rings. The zero-order chi connectivity index (χ0) is 8.88. The van der Waals surface area contributed by atoms with Gasteiger partial charge < -0.3 is 5.11 Å². The fraction of sp³-hybridized carbons (Fsp3) is 0.429. The topological polar surface area (TPSA) is 20.2 Å². The Labute approximate surface area is 96.0 Å². The molecule has 0 bridgehead atoms. The number of alkyl halides is 1. The molecule has 0 unspecified atom stereocenters. The van der Waals surface area contributed by atoms with E-state index >= 15 is 0 Å². The van der Waals surface area contributed by atoms with Crippen LogP contribution in [0.15, 0.2) is 7.57 Å². The summed E-state index contributed by atoms with van der Waals surface area (Å²) in [5.74, 6) is 0. The molecule has 1 aliphatic rings. The maximum absolute atomic E-state index is 9.62. The van der Waals surface area contributed by atoms with Gasteiger partial charge >= 0.3 is 0 Å². The Balaban J connectivity index is 2.62. The van der Waals surface area contributed by atoms with Crippen LogP contribution in [0.1, 0.15) is 29.0 Å². The first-order chi connectivity index (χ1) is 5.61. The third-order valence-corrected chi connectivity index (χ3v) is 4.99. The molecule has 1 nitrogen and oxygen atoms in total. The summed E-state index contributed by atoms with van der Waals surface area (Å²) < 4.78 is 2.01. The van der Waals surface area contributed by atoms with Gasteiger partial charge in [-0.2, -0.15) is 0 Å². The van der Waals surface area contributed by atoms with Crippen molar-refractivity contribution < 1.29 is 5.11 Å². The molecule has 0 aliphatic heterocycles. The smallest absolute Gasteiger partial charge is 0.0830 e. The van der Waals surface area contributed by atoms with E-state index in [-0.39, 0.29) is 5.38 Å². The summed E-state index contributed by atoms with van der Waals surface area (Å²) in [5, 5.41) is 9.57. The summed E-state index contributed by atoms with van der Waals surface area (Å²) in [5.41, 5.74) is 2.02. The van der Waals surface area contributed by atoms with Crippen LogP contribution in [-0.4, -0.2) is 5.11 Å². The summed E-state index contributed by atoms with van der Waals surface area (Å²) in [7, 11) is 0. The van der Waals surface area contributed by atoms with E-state index in [0.717, 1.165) is 18.7 Å². The first-order valence-corrected chi connectivity index (χ1v) is 6.25. The molecule has 1 aromatic heterocycles. The third-order valence-electron chi connectivity index (χ3n) is 1.97. The Bertz CT molecular complexity index is 297. The predicted octanol–water partition coefficient (Wildman–Crippen LogP) is 3.99. The molecule has 2 rings (SSSR count). The average Bonchev–Trinajstić information content (AvgIpc) is 2.38. The standard InChI is InChI=1S/C7H5Br2ClOS/c8-6-4-2(10)1-3(11)5(4)7(9)12-6/h2-3,11H,1H2/t2-,3+/m1/s1. The Morgan fingerprint density at radius 2 is 1.92 bits per heavy atom. The summed E-state index contributed by atoms with van der Waals surface area (Å²) >= 11 is 14.5. The van der Waals surface area contributed by atoms with Crippen molar-refractivity contribution in [3.8, 4) is 0 Å². The van der Waals surface area contributed by atoms with Crippen LogP contribution in [0.5, 0.6) is 0 Å². The highest BCUT2D eigenvalue weighted by molar-refractivity contribution is 9.12. The van der Waals surface area contributed by atoms with Gasteiger partial charge in [-0.15, -0.1) is 22.9 Å². The monoisotopic (exact) mass is 330 g/mol. The number of fused-ring (bicyclic) bond motifs is 1. The van der Waals surface area contributed by atoms with Gasteiger partial charge in [0.05, 0.1) is 19.1 Å². The minimum atomic E-state index is -0.403. The van der Waals surface area contributed by atoms with E-state index in [9.17, 15) is 5.11 Å². The summed E-state index contributed by atoms with van der Waals surface area (Å²) in [6, 6.07) is 0. The fourth-order valence-electron chi connectivity index (χ4n) is 1.43. The van der Waals surface area contributed by atoms with Gasteiger partial charge in [-0.25, -0.2) is 0 Å². The fourth-order valence-corrected chi connectivity index (χ4v) is 5.49. The minimum Gasteiger partial charge on any atom is -0.388 e. The number of hydrogen-bond donors (Lipinski definition) is 1. The normalized spacial score (nSPS) is 27.7. The Kier molecular flexibility index (Phi) is 2.56. The summed E-state index contributed by atoms with van der Waals surface area (Å²) in [6.07, 6.45) is 0.219. The SMILES string of the molecule is O[C@H]1C[C@@H](Cl)c2c(Br)sc(Br)c21. The van der Waals surface area contributed by atoms with E-state index in [0.29, 0.717) is 6.42 Å². The van der Waals surface area contributed by atoms with Crippen molar-refractivity contribution in [1.29, 1.82) is 0 Å². The lowest BCUT2D eigenvalue weighted by Gasteiger charge is -2.00. The van der Waals surface area contributed by atoms with Crippen LogP contribution in [0.25, 0.3) is 0 Å². The molecule has 0 spiro atoms. The summed E-state index contributed by atoms with van der Waals surface area (Å²) in [4.78, 5) is 0. The lowest BCUT2D eigenvalue weighted by Crippen LogP contribution is -1.88. The number of thiophene rings is 1. The van der Waals surface area contributed by atoms with Crippen LogP contribution in [-0.2, 0) is 0 Å². The Morgan fingerprint density at radius 3 is 2.50 bits per heavy atom. The number of aliphatic hydroxyl groups is 1. The van der Waals surface area contributed by atoms with Crippen molar-refractivity contribution in [2.24, 2.45) is 0 Å². The van der Waals surface area contributed by atoms with E-state index < -0.39 is 6.10 Å². The highest BCUT2D eigenvalue weighted by atomic mass is 79.9.